The van der Waals surface area contributed by atoms with Gasteiger partial charge in [0, 0.05) is 5.56 Å². The van der Waals surface area contributed by atoms with Gasteiger partial charge in [-0.05, 0) is 74.4 Å². The van der Waals surface area contributed by atoms with Crippen LogP contribution < -0.4 is 28.6 Å². The molecule has 1 aromatic heterocycles. The van der Waals surface area contributed by atoms with Crippen LogP contribution in [0.15, 0.2) is 60.2 Å². The Kier molecular flexibility index (Phi) is 9.30. The second-order valence-corrected chi connectivity index (χ2v) is 11.8. The van der Waals surface area contributed by atoms with Gasteiger partial charge in [0.1, 0.15) is 24.7 Å². The Hall–Kier alpha value is -4.77. The van der Waals surface area contributed by atoms with Crippen molar-refractivity contribution in [2.24, 2.45) is 0 Å². The maximum atomic E-state index is 13.9. The lowest BCUT2D eigenvalue weighted by molar-refractivity contribution is -0.132. The first-order valence-electron chi connectivity index (χ1n) is 15.6. The molecule has 240 valence electrons. The number of aliphatic hydroxyl groups excluding tert-OH is 1. The predicted octanol–water partition coefficient (Wildman–Crippen LogP) is 7.06. The molecule has 1 saturated heterocycles. The molecular weight excluding hydrogens is 608 g/mol. The number of hydrogen-bond acceptors (Lipinski definition) is 10. The van der Waals surface area contributed by atoms with E-state index < -0.39 is 17.7 Å². The Morgan fingerprint density at radius 2 is 1.72 bits per heavy atom. The monoisotopic (exact) mass is 644 g/mol. The molecule has 11 heteroatoms. The zero-order chi connectivity index (χ0) is 32.2. The first-order chi connectivity index (χ1) is 22.4. The molecule has 6 rings (SSSR count). The number of carbonyl (C=O) groups excluding carboxylic acids is 2. The van der Waals surface area contributed by atoms with Gasteiger partial charge in [0.15, 0.2) is 28.1 Å². The van der Waals surface area contributed by atoms with Crippen LogP contribution in [0.3, 0.4) is 0 Å². The lowest BCUT2D eigenvalue weighted by Gasteiger charge is -2.24. The molecule has 0 spiro atoms. The summed E-state index contributed by atoms with van der Waals surface area (Å²) in [6.45, 7) is 8.10. The van der Waals surface area contributed by atoms with Gasteiger partial charge in [-0.15, -0.1) is 0 Å². The van der Waals surface area contributed by atoms with Crippen molar-refractivity contribution in [2.45, 2.75) is 46.1 Å². The normalized spacial score (nSPS) is 17.0. The number of anilines is 1. The van der Waals surface area contributed by atoms with Crippen LogP contribution in [-0.4, -0.2) is 54.8 Å². The van der Waals surface area contributed by atoms with Gasteiger partial charge in [0.2, 0.25) is 0 Å². The third-order valence-electron chi connectivity index (χ3n) is 7.71. The molecule has 1 fully saturated rings. The van der Waals surface area contributed by atoms with E-state index >= 15 is 0 Å². The summed E-state index contributed by atoms with van der Waals surface area (Å²) in [5, 5.41) is 12.0. The fourth-order valence-electron chi connectivity index (χ4n) is 5.56. The van der Waals surface area contributed by atoms with Gasteiger partial charge in [-0.1, -0.05) is 37.2 Å². The largest absolute Gasteiger partial charge is 0.507 e. The van der Waals surface area contributed by atoms with Crippen molar-refractivity contribution < 1.29 is 38.4 Å². The lowest BCUT2D eigenvalue weighted by atomic mass is 9.95. The van der Waals surface area contributed by atoms with Crippen molar-refractivity contribution in [3.05, 3.63) is 71.3 Å². The van der Waals surface area contributed by atoms with Crippen molar-refractivity contribution in [3.63, 3.8) is 0 Å². The topological polar surface area (TPSA) is 117 Å². The van der Waals surface area contributed by atoms with Crippen LogP contribution in [0.2, 0.25) is 0 Å². The Balaban J connectivity index is 1.48. The first-order valence-corrected chi connectivity index (χ1v) is 16.4. The smallest absolute Gasteiger partial charge is 0.301 e. The minimum atomic E-state index is -1.01. The number of ether oxygens (including phenoxy) is 5. The Morgan fingerprint density at radius 3 is 2.50 bits per heavy atom. The van der Waals surface area contributed by atoms with E-state index in [4.69, 9.17) is 28.7 Å². The second-order valence-electron chi connectivity index (χ2n) is 10.8. The van der Waals surface area contributed by atoms with Crippen molar-refractivity contribution in [2.75, 3.05) is 37.9 Å². The highest BCUT2D eigenvalue weighted by Gasteiger charge is 2.48. The zero-order valence-corrected chi connectivity index (χ0v) is 26.9. The molecule has 3 aromatic carbocycles. The number of carbonyl (C=O) groups is 2. The van der Waals surface area contributed by atoms with Crippen LogP contribution in [0.1, 0.15) is 57.2 Å². The number of thiazole rings is 1. The van der Waals surface area contributed by atoms with Crippen LogP contribution in [0.25, 0.3) is 16.0 Å². The number of unbranched alkanes of at least 4 members (excludes halogenated alkanes) is 2. The van der Waals surface area contributed by atoms with Crippen LogP contribution in [0.4, 0.5) is 5.13 Å². The number of amides is 1. The molecular formula is C35H36N2O8S. The molecule has 0 bridgehead atoms. The fraction of sp³-hybridized carbons (Fsp3) is 0.343. The molecule has 46 heavy (non-hydrogen) atoms. The van der Waals surface area contributed by atoms with E-state index in [1.165, 1.54) is 16.2 Å². The van der Waals surface area contributed by atoms with Gasteiger partial charge in [-0.2, -0.15) is 0 Å². The molecule has 4 aromatic rings. The van der Waals surface area contributed by atoms with Gasteiger partial charge < -0.3 is 28.8 Å². The average Bonchev–Trinajstić information content (AvgIpc) is 3.60. The second kappa shape index (κ2) is 13.7. The summed E-state index contributed by atoms with van der Waals surface area (Å²) in [5.74, 6) is 0.743. The van der Waals surface area contributed by atoms with Crippen LogP contribution in [-0.2, 0) is 9.59 Å². The van der Waals surface area contributed by atoms with Gasteiger partial charge >= 0.3 is 5.91 Å². The van der Waals surface area contributed by atoms with Gasteiger partial charge in [-0.25, -0.2) is 4.98 Å². The van der Waals surface area contributed by atoms with E-state index in [0.29, 0.717) is 83.6 Å². The van der Waals surface area contributed by atoms with Crippen molar-refractivity contribution >= 4 is 44.1 Å². The Labute approximate surface area is 271 Å². The van der Waals surface area contributed by atoms with Crippen LogP contribution >= 0.6 is 11.3 Å². The summed E-state index contributed by atoms with van der Waals surface area (Å²) in [6.07, 6.45) is 3.02. The number of aliphatic hydroxyl groups is 1. The van der Waals surface area contributed by atoms with E-state index in [0.717, 1.165) is 24.0 Å². The third kappa shape index (κ3) is 6.06. The quantitative estimate of drug-likeness (QED) is 0.0749. The van der Waals surface area contributed by atoms with E-state index in [9.17, 15) is 14.7 Å². The summed E-state index contributed by atoms with van der Waals surface area (Å²) in [6, 6.07) is 14.7. The van der Waals surface area contributed by atoms with E-state index in [1.807, 2.05) is 32.0 Å². The minimum Gasteiger partial charge on any atom is -0.507 e. The maximum absolute atomic E-state index is 13.9. The van der Waals surface area contributed by atoms with Gasteiger partial charge in [0.25, 0.3) is 5.78 Å². The van der Waals surface area contributed by atoms with Crippen LogP contribution in [0, 0.1) is 0 Å². The highest BCUT2D eigenvalue weighted by atomic mass is 32.1. The zero-order valence-electron chi connectivity index (χ0n) is 26.0. The molecule has 1 atom stereocenters. The number of benzene rings is 3. The standard InChI is InChI=1S/C35H36N2O8S/c1-4-7-8-15-43-25-13-9-21(18-27(25)42-6-3)31-30(32(38)22-10-14-26-28(19-22)45-17-16-44-26)33(39)34(40)37(31)35-36-24-12-11-23(41-5-2)20-29(24)46-35/h9-14,18-20,31,38H,4-8,15-17H2,1-3H3/b32-30+. The number of ketones is 1. The highest BCUT2D eigenvalue weighted by molar-refractivity contribution is 7.22. The average molecular weight is 645 g/mol. The Morgan fingerprint density at radius 1 is 0.913 bits per heavy atom. The Bertz CT molecular complexity index is 1800. The molecule has 1 unspecified atom stereocenters. The molecule has 0 radical (unpaired) electrons. The fourth-order valence-corrected chi connectivity index (χ4v) is 6.58. The maximum Gasteiger partial charge on any atom is 0.301 e. The van der Waals surface area contributed by atoms with Gasteiger partial charge in [0.05, 0.1) is 41.7 Å². The van der Waals surface area contributed by atoms with E-state index in [2.05, 4.69) is 6.92 Å². The predicted molar refractivity (Wildman–Crippen MR) is 176 cm³/mol. The number of nitrogens with zero attached hydrogens (tertiary/aromatic N) is 2. The molecule has 10 nitrogen and oxygen atoms in total. The molecule has 0 aliphatic carbocycles. The van der Waals surface area contributed by atoms with Crippen molar-refractivity contribution in [1.82, 2.24) is 4.98 Å². The molecule has 1 N–H and O–H groups in total. The van der Waals surface area contributed by atoms with Crippen LogP contribution in [0.5, 0.6) is 28.7 Å². The van der Waals surface area contributed by atoms with Crippen molar-refractivity contribution in [1.29, 1.82) is 0 Å². The molecule has 3 heterocycles. The first kappa shape index (κ1) is 31.2. The van der Waals surface area contributed by atoms with E-state index in [-0.39, 0.29) is 11.3 Å². The molecule has 2 aliphatic rings. The van der Waals surface area contributed by atoms with Crippen molar-refractivity contribution in [3.8, 4) is 28.7 Å². The minimum absolute atomic E-state index is 0.0741. The number of fused-ring (bicyclic) bond motifs is 2. The summed E-state index contributed by atoms with van der Waals surface area (Å²) in [7, 11) is 0. The molecule has 0 saturated carbocycles. The number of Topliss-reactive ketones (excluding diaryl/α,β-unsaturated/α-hetero) is 1. The van der Waals surface area contributed by atoms with E-state index in [1.54, 1.807) is 36.4 Å². The molecule has 2 aliphatic heterocycles. The van der Waals surface area contributed by atoms with Gasteiger partial charge in [-0.3, -0.25) is 14.5 Å². The third-order valence-corrected chi connectivity index (χ3v) is 8.73. The molecule has 1 amide bonds. The lowest BCUT2D eigenvalue weighted by Crippen LogP contribution is -2.29. The number of rotatable bonds is 12. The number of aromatic nitrogens is 1. The summed E-state index contributed by atoms with van der Waals surface area (Å²) >= 11 is 1.27. The SMILES string of the molecule is CCCCCOc1ccc(C2/C(=C(\O)c3ccc4c(c3)OCCO4)C(=O)C(=O)N2c2nc3ccc(OCC)cc3s2)cc1OCC. The summed E-state index contributed by atoms with van der Waals surface area (Å²) in [4.78, 5) is 33.8. The highest BCUT2D eigenvalue weighted by Crippen LogP contribution is 2.47. The summed E-state index contributed by atoms with van der Waals surface area (Å²) in [5.41, 5.74) is 1.45. The summed E-state index contributed by atoms with van der Waals surface area (Å²) < 4.78 is 29.8. The number of hydrogen-bond donors (Lipinski definition) is 1.